The van der Waals surface area contributed by atoms with Crippen molar-refractivity contribution >= 4 is 15.9 Å². The van der Waals surface area contributed by atoms with Crippen LogP contribution in [0.15, 0.2) is 12.3 Å². The number of aromatic nitrogens is 1. The molecule has 0 radical (unpaired) electrons. The fourth-order valence-electron chi connectivity index (χ4n) is 2.46. The summed E-state index contributed by atoms with van der Waals surface area (Å²) in [5.41, 5.74) is 0.930. The van der Waals surface area contributed by atoms with Gasteiger partial charge in [-0.2, -0.15) is 0 Å². The molecule has 0 N–H and O–H groups in total. The van der Waals surface area contributed by atoms with E-state index in [1.165, 1.54) is 0 Å². The zero-order valence-electron chi connectivity index (χ0n) is 12.9. The van der Waals surface area contributed by atoms with Crippen LogP contribution in [0.5, 0.6) is 11.5 Å². The minimum absolute atomic E-state index is 0.560. The molecule has 0 aromatic carbocycles. The van der Waals surface area contributed by atoms with E-state index in [4.69, 9.17) is 9.47 Å². The maximum Gasteiger partial charge on any atom is 0.183 e. The number of alkyl halides is 1. The molecule has 0 saturated carbocycles. The summed E-state index contributed by atoms with van der Waals surface area (Å²) in [6, 6.07) is 2.39. The van der Waals surface area contributed by atoms with E-state index in [0.717, 1.165) is 48.5 Å². The Morgan fingerprint density at radius 1 is 1.25 bits per heavy atom. The highest BCUT2D eigenvalue weighted by Gasteiger charge is 2.19. The number of nitrogens with zero attached hydrogens (tertiary/aromatic N) is 2. The zero-order chi connectivity index (χ0) is 15.0. The summed E-state index contributed by atoms with van der Waals surface area (Å²) >= 11 is 3.54. The molecule has 0 atom stereocenters. The lowest BCUT2D eigenvalue weighted by Crippen LogP contribution is -2.35. The Labute approximate surface area is 130 Å². The summed E-state index contributed by atoms with van der Waals surface area (Å²) in [4.78, 5) is 6.91. The van der Waals surface area contributed by atoms with Crippen molar-refractivity contribution < 1.29 is 9.47 Å². The van der Waals surface area contributed by atoms with Gasteiger partial charge in [0.15, 0.2) is 11.5 Å². The normalized spacial score (nSPS) is 11.2. The summed E-state index contributed by atoms with van der Waals surface area (Å²) in [5.74, 6) is 1.47. The fourth-order valence-corrected chi connectivity index (χ4v) is 2.92. The van der Waals surface area contributed by atoms with Crippen molar-refractivity contribution in [1.82, 2.24) is 9.88 Å². The highest BCUT2D eigenvalue weighted by atomic mass is 79.9. The van der Waals surface area contributed by atoms with Crippen LogP contribution in [0.25, 0.3) is 0 Å². The molecule has 0 unspecified atom stereocenters. The SMILES string of the molecule is CCC(CC)N(CCBr)Cc1nccc(OC)c1OC. The first-order valence-corrected chi connectivity index (χ1v) is 8.19. The third-order valence-corrected chi connectivity index (χ3v) is 3.90. The predicted molar refractivity (Wildman–Crippen MR) is 85.9 cm³/mol. The largest absolute Gasteiger partial charge is 0.493 e. The number of hydrogen-bond donors (Lipinski definition) is 0. The highest BCUT2D eigenvalue weighted by molar-refractivity contribution is 9.09. The molecule has 114 valence electrons. The van der Waals surface area contributed by atoms with Gasteiger partial charge in [0.05, 0.1) is 14.2 Å². The van der Waals surface area contributed by atoms with Gasteiger partial charge in [-0.3, -0.25) is 9.88 Å². The lowest BCUT2D eigenvalue weighted by molar-refractivity contribution is 0.184. The Morgan fingerprint density at radius 2 is 1.95 bits per heavy atom. The van der Waals surface area contributed by atoms with Crippen molar-refractivity contribution in [2.45, 2.75) is 39.3 Å². The van der Waals surface area contributed by atoms with Gasteiger partial charge < -0.3 is 9.47 Å². The second kappa shape index (κ2) is 9.19. The second-order valence-electron chi connectivity index (χ2n) is 4.62. The molecule has 1 heterocycles. The Hall–Kier alpha value is -0.810. The van der Waals surface area contributed by atoms with Gasteiger partial charge in [0.1, 0.15) is 5.69 Å². The molecule has 4 nitrogen and oxygen atoms in total. The van der Waals surface area contributed by atoms with Gasteiger partial charge in [-0.15, -0.1) is 0 Å². The molecule has 1 rings (SSSR count). The van der Waals surface area contributed by atoms with E-state index in [9.17, 15) is 0 Å². The number of rotatable bonds is 9. The Bertz CT molecular complexity index is 397. The summed E-state index contributed by atoms with van der Waals surface area (Å²) < 4.78 is 10.8. The molecule has 1 aromatic heterocycles. The monoisotopic (exact) mass is 344 g/mol. The number of ether oxygens (including phenoxy) is 2. The third-order valence-electron chi connectivity index (χ3n) is 3.55. The molecule has 0 aliphatic heterocycles. The van der Waals surface area contributed by atoms with Gasteiger partial charge >= 0.3 is 0 Å². The van der Waals surface area contributed by atoms with Crippen LogP contribution >= 0.6 is 15.9 Å². The topological polar surface area (TPSA) is 34.6 Å². The van der Waals surface area contributed by atoms with Crippen molar-refractivity contribution in [1.29, 1.82) is 0 Å². The van der Waals surface area contributed by atoms with Gasteiger partial charge in [-0.05, 0) is 12.8 Å². The van der Waals surface area contributed by atoms with Gasteiger partial charge in [-0.25, -0.2) is 0 Å². The number of methoxy groups -OCH3 is 2. The zero-order valence-corrected chi connectivity index (χ0v) is 14.4. The molecule has 0 aliphatic rings. The molecule has 0 fully saturated rings. The first-order valence-electron chi connectivity index (χ1n) is 7.07. The summed E-state index contributed by atoms with van der Waals surface area (Å²) in [6.45, 7) is 6.23. The van der Waals surface area contributed by atoms with Crippen molar-refractivity contribution in [2.24, 2.45) is 0 Å². The van der Waals surface area contributed by atoms with Crippen LogP contribution in [0.1, 0.15) is 32.4 Å². The van der Waals surface area contributed by atoms with E-state index in [1.807, 2.05) is 6.07 Å². The van der Waals surface area contributed by atoms with E-state index in [1.54, 1.807) is 20.4 Å². The van der Waals surface area contributed by atoms with Crippen molar-refractivity contribution in [3.8, 4) is 11.5 Å². The smallest absolute Gasteiger partial charge is 0.183 e. The minimum atomic E-state index is 0.560. The van der Waals surface area contributed by atoms with Gasteiger partial charge in [0, 0.05) is 36.7 Å². The Kier molecular flexibility index (Phi) is 7.92. The van der Waals surface area contributed by atoms with Crippen LogP contribution in [0, 0.1) is 0 Å². The maximum atomic E-state index is 5.47. The molecule has 0 amide bonds. The number of halogens is 1. The van der Waals surface area contributed by atoms with Gasteiger partial charge in [0.2, 0.25) is 0 Å². The third kappa shape index (κ3) is 4.35. The first-order chi connectivity index (χ1) is 9.71. The molecule has 0 bridgehead atoms. The molecule has 5 heteroatoms. The second-order valence-corrected chi connectivity index (χ2v) is 5.42. The van der Waals surface area contributed by atoms with E-state index in [-0.39, 0.29) is 0 Å². The summed E-state index contributed by atoms with van der Waals surface area (Å²) in [7, 11) is 3.31. The lowest BCUT2D eigenvalue weighted by Gasteiger charge is -2.30. The standard InChI is InChI=1S/C15H25BrN2O2/c1-5-12(6-2)18(10-8-16)11-13-15(20-4)14(19-3)7-9-17-13/h7,9,12H,5-6,8,10-11H2,1-4H3. The summed E-state index contributed by atoms with van der Waals surface area (Å²) in [6.07, 6.45) is 4.04. The number of pyridine rings is 1. The van der Waals surface area contributed by atoms with Crippen molar-refractivity contribution in [3.63, 3.8) is 0 Å². The predicted octanol–water partition coefficient (Wildman–Crippen LogP) is 3.48. The van der Waals surface area contributed by atoms with E-state index < -0.39 is 0 Å². The van der Waals surface area contributed by atoms with Crippen LogP contribution in [0.2, 0.25) is 0 Å². The molecule has 20 heavy (non-hydrogen) atoms. The average Bonchev–Trinajstić information content (AvgIpc) is 2.48. The average molecular weight is 345 g/mol. The Balaban J connectivity index is 2.98. The van der Waals surface area contributed by atoms with Crippen LogP contribution in [0.4, 0.5) is 0 Å². The van der Waals surface area contributed by atoms with E-state index in [2.05, 4.69) is 39.7 Å². The highest BCUT2D eigenvalue weighted by Crippen LogP contribution is 2.30. The van der Waals surface area contributed by atoms with Crippen LogP contribution in [0.3, 0.4) is 0 Å². The van der Waals surface area contributed by atoms with Crippen LogP contribution in [-0.2, 0) is 6.54 Å². The maximum absolute atomic E-state index is 5.47. The van der Waals surface area contributed by atoms with Crippen molar-refractivity contribution in [2.75, 3.05) is 26.1 Å². The fraction of sp³-hybridized carbons (Fsp3) is 0.667. The minimum Gasteiger partial charge on any atom is -0.493 e. The Morgan fingerprint density at radius 3 is 2.45 bits per heavy atom. The molecule has 0 saturated heterocycles. The summed E-state index contributed by atoms with van der Waals surface area (Å²) in [5, 5.41) is 0.954. The first kappa shape index (κ1) is 17.2. The van der Waals surface area contributed by atoms with Crippen molar-refractivity contribution in [3.05, 3.63) is 18.0 Å². The molecule has 0 aliphatic carbocycles. The molecular formula is C15H25BrN2O2. The van der Waals surface area contributed by atoms with E-state index in [0.29, 0.717) is 6.04 Å². The quantitative estimate of drug-likeness (QED) is 0.642. The van der Waals surface area contributed by atoms with Gasteiger partial charge in [-0.1, -0.05) is 29.8 Å². The number of hydrogen-bond acceptors (Lipinski definition) is 4. The van der Waals surface area contributed by atoms with E-state index >= 15 is 0 Å². The molecular weight excluding hydrogens is 320 g/mol. The molecule has 0 spiro atoms. The van der Waals surface area contributed by atoms with Crippen LogP contribution < -0.4 is 9.47 Å². The molecule has 1 aromatic rings. The lowest BCUT2D eigenvalue weighted by atomic mass is 10.1. The van der Waals surface area contributed by atoms with Crippen LogP contribution in [-0.4, -0.2) is 42.0 Å². The van der Waals surface area contributed by atoms with Gasteiger partial charge in [0.25, 0.3) is 0 Å².